The molecule has 0 saturated carbocycles. The van der Waals surface area contributed by atoms with Gasteiger partial charge in [-0.3, -0.25) is 14.4 Å². The van der Waals surface area contributed by atoms with Gasteiger partial charge in [0.05, 0.1) is 6.42 Å². The molecule has 2 heterocycles. The van der Waals surface area contributed by atoms with E-state index in [4.69, 9.17) is 0 Å². The van der Waals surface area contributed by atoms with Crippen molar-refractivity contribution in [2.45, 2.75) is 26.3 Å². The number of carbonyl (C=O) groups excluding carboxylic acids is 1. The summed E-state index contributed by atoms with van der Waals surface area (Å²) in [4.78, 5) is 17.8. The van der Waals surface area contributed by atoms with E-state index in [0.29, 0.717) is 11.9 Å². The predicted molar refractivity (Wildman–Crippen MR) is 73.8 cm³/mol. The molecule has 2 rings (SSSR count). The highest BCUT2D eigenvalue weighted by molar-refractivity contribution is 7.10. The van der Waals surface area contributed by atoms with E-state index in [0.717, 1.165) is 4.88 Å². The lowest BCUT2D eigenvalue weighted by molar-refractivity contribution is 0.0909. The van der Waals surface area contributed by atoms with Crippen molar-refractivity contribution < 1.29 is 4.79 Å². The van der Waals surface area contributed by atoms with Gasteiger partial charge in [0.1, 0.15) is 5.49 Å². The molecule has 0 bridgehead atoms. The van der Waals surface area contributed by atoms with Gasteiger partial charge in [0.2, 0.25) is 5.91 Å². The third-order valence-corrected chi connectivity index (χ3v) is 3.28. The highest BCUT2D eigenvalue weighted by Gasteiger charge is 2.07. The lowest BCUT2D eigenvalue weighted by Crippen LogP contribution is -2.28. The van der Waals surface area contributed by atoms with Crippen LogP contribution < -0.4 is 5.49 Å². The highest BCUT2D eigenvalue weighted by Crippen LogP contribution is 2.09. The quantitative estimate of drug-likeness (QED) is 0.835. The fourth-order valence-corrected chi connectivity index (χ4v) is 2.36. The summed E-state index contributed by atoms with van der Waals surface area (Å²) in [6.45, 7) is 4.00. The van der Waals surface area contributed by atoms with Crippen molar-refractivity contribution in [3.05, 3.63) is 52.3 Å². The molecule has 0 fully saturated rings. The normalized spacial score (nSPS) is 12.1. The first kappa shape index (κ1) is 12.8. The lowest BCUT2D eigenvalue weighted by atomic mass is 10.3. The van der Waals surface area contributed by atoms with Crippen LogP contribution >= 0.6 is 11.3 Å². The molecule has 18 heavy (non-hydrogen) atoms. The topological polar surface area (TPSA) is 34.4 Å². The fraction of sp³-hybridized carbons (Fsp3) is 0.286. The number of hydrogen-bond acceptors (Lipinski definition) is 3. The van der Waals surface area contributed by atoms with Crippen LogP contribution in [0, 0.1) is 0 Å². The van der Waals surface area contributed by atoms with E-state index in [-0.39, 0.29) is 11.9 Å². The Kier molecular flexibility index (Phi) is 4.10. The summed E-state index contributed by atoms with van der Waals surface area (Å²) >= 11 is 1.60. The SMILES string of the molecule is CC(C)N=c1ccccn1C(=O)Cc1cccs1. The Labute approximate surface area is 110 Å². The third-order valence-electron chi connectivity index (χ3n) is 2.40. The summed E-state index contributed by atoms with van der Waals surface area (Å²) in [6, 6.07) is 9.73. The first-order chi connectivity index (χ1) is 8.66. The van der Waals surface area contributed by atoms with Gasteiger partial charge >= 0.3 is 0 Å². The van der Waals surface area contributed by atoms with E-state index in [1.807, 2.05) is 49.6 Å². The molecule has 0 aliphatic carbocycles. The molecule has 0 amide bonds. The first-order valence-electron chi connectivity index (χ1n) is 5.94. The van der Waals surface area contributed by atoms with Gasteiger partial charge in [0.25, 0.3) is 0 Å². The average molecular weight is 260 g/mol. The maximum atomic E-state index is 12.2. The fourth-order valence-electron chi connectivity index (χ4n) is 1.66. The minimum absolute atomic E-state index is 0.0532. The van der Waals surface area contributed by atoms with Gasteiger partial charge in [0.15, 0.2) is 0 Å². The number of carbonyl (C=O) groups is 1. The van der Waals surface area contributed by atoms with E-state index in [9.17, 15) is 4.79 Å². The Balaban J connectivity index is 2.30. The van der Waals surface area contributed by atoms with Gasteiger partial charge in [-0.25, -0.2) is 0 Å². The van der Waals surface area contributed by atoms with Crippen molar-refractivity contribution in [1.29, 1.82) is 0 Å². The Morgan fingerprint density at radius 2 is 2.17 bits per heavy atom. The zero-order valence-corrected chi connectivity index (χ0v) is 11.4. The molecule has 0 N–H and O–H groups in total. The number of nitrogens with zero attached hydrogens (tertiary/aromatic N) is 2. The van der Waals surface area contributed by atoms with Gasteiger partial charge in [-0.1, -0.05) is 12.1 Å². The molecule has 0 aliphatic rings. The molecule has 3 nitrogen and oxygen atoms in total. The van der Waals surface area contributed by atoms with Crippen LogP contribution in [-0.4, -0.2) is 16.5 Å². The molecule has 0 atom stereocenters. The second kappa shape index (κ2) is 5.78. The van der Waals surface area contributed by atoms with Crippen LogP contribution in [-0.2, 0) is 6.42 Å². The van der Waals surface area contributed by atoms with Crippen LogP contribution in [0.15, 0.2) is 46.9 Å². The number of aromatic nitrogens is 1. The Bertz CT molecular complexity index is 582. The summed E-state index contributed by atoms with van der Waals surface area (Å²) in [7, 11) is 0. The summed E-state index contributed by atoms with van der Waals surface area (Å²) in [5, 5.41) is 1.98. The molecule has 2 aromatic heterocycles. The second-order valence-electron chi connectivity index (χ2n) is 4.30. The van der Waals surface area contributed by atoms with Crippen molar-refractivity contribution in [3.63, 3.8) is 0 Å². The van der Waals surface area contributed by atoms with Crippen molar-refractivity contribution in [2.75, 3.05) is 0 Å². The van der Waals surface area contributed by atoms with Crippen molar-refractivity contribution in [1.82, 2.24) is 4.57 Å². The van der Waals surface area contributed by atoms with Crippen molar-refractivity contribution in [2.24, 2.45) is 4.99 Å². The molecular formula is C14H16N2OS. The highest BCUT2D eigenvalue weighted by atomic mass is 32.1. The number of hydrogen-bond donors (Lipinski definition) is 0. The molecule has 0 spiro atoms. The van der Waals surface area contributed by atoms with Gasteiger partial charge in [-0.05, 0) is 37.4 Å². The van der Waals surface area contributed by atoms with Crippen molar-refractivity contribution >= 4 is 17.2 Å². The van der Waals surface area contributed by atoms with Gasteiger partial charge in [0, 0.05) is 17.1 Å². The van der Waals surface area contributed by atoms with E-state index >= 15 is 0 Å². The zero-order valence-electron chi connectivity index (χ0n) is 10.5. The molecular weight excluding hydrogens is 244 g/mol. The summed E-state index contributed by atoms with van der Waals surface area (Å²) in [6.07, 6.45) is 2.20. The second-order valence-corrected chi connectivity index (χ2v) is 5.33. The van der Waals surface area contributed by atoms with Crippen LogP contribution in [0.25, 0.3) is 0 Å². The number of thiophene rings is 1. The molecule has 0 unspecified atom stereocenters. The Morgan fingerprint density at radius 3 is 2.83 bits per heavy atom. The van der Waals surface area contributed by atoms with Crippen LogP contribution in [0.3, 0.4) is 0 Å². The van der Waals surface area contributed by atoms with Gasteiger partial charge < -0.3 is 0 Å². The molecule has 94 valence electrons. The smallest absolute Gasteiger partial charge is 0.237 e. The van der Waals surface area contributed by atoms with E-state index in [1.54, 1.807) is 22.1 Å². The standard InChI is InChI=1S/C14H16N2OS/c1-11(2)15-13-7-3-4-8-16(13)14(17)10-12-6-5-9-18-12/h3-9,11H,10H2,1-2H3. The number of rotatable bonds is 3. The molecule has 0 aliphatic heterocycles. The van der Waals surface area contributed by atoms with Crippen LogP contribution in [0.1, 0.15) is 23.5 Å². The molecule has 0 aromatic carbocycles. The largest absolute Gasteiger partial charge is 0.274 e. The molecule has 2 aromatic rings. The van der Waals surface area contributed by atoms with Gasteiger partial charge in [-0.15, -0.1) is 11.3 Å². The molecule has 0 saturated heterocycles. The molecule has 0 radical (unpaired) electrons. The van der Waals surface area contributed by atoms with Gasteiger partial charge in [-0.2, -0.15) is 0 Å². The van der Waals surface area contributed by atoms with E-state index < -0.39 is 0 Å². The maximum absolute atomic E-state index is 12.2. The summed E-state index contributed by atoms with van der Waals surface area (Å²) < 4.78 is 1.62. The average Bonchev–Trinajstić information content (AvgIpc) is 2.81. The third kappa shape index (κ3) is 3.17. The van der Waals surface area contributed by atoms with Crippen LogP contribution in [0.5, 0.6) is 0 Å². The monoisotopic (exact) mass is 260 g/mol. The van der Waals surface area contributed by atoms with Crippen LogP contribution in [0.2, 0.25) is 0 Å². The lowest BCUT2D eigenvalue weighted by Gasteiger charge is -2.06. The van der Waals surface area contributed by atoms with Crippen LogP contribution in [0.4, 0.5) is 0 Å². The summed E-state index contributed by atoms with van der Waals surface area (Å²) in [5.41, 5.74) is 0.717. The van der Waals surface area contributed by atoms with E-state index in [2.05, 4.69) is 4.99 Å². The minimum Gasteiger partial charge on any atom is -0.274 e. The maximum Gasteiger partial charge on any atom is 0.237 e. The minimum atomic E-state index is 0.0532. The predicted octanol–water partition coefficient (Wildman–Crippen LogP) is 2.74. The number of pyridine rings is 1. The summed E-state index contributed by atoms with van der Waals surface area (Å²) in [5.74, 6) is 0.0532. The zero-order chi connectivity index (χ0) is 13.0. The molecule has 4 heteroatoms. The van der Waals surface area contributed by atoms with Crippen molar-refractivity contribution in [3.8, 4) is 0 Å². The Hall–Kier alpha value is -1.68. The van der Waals surface area contributed by atoms with E-state index in [1.165, 1.54) is 0 Å². The Morgan fingerprint density at radius 1 is 1.33 bits per heavy atom. The first-order valence-corrected chi connectivity index (χ1v) is 6.82.